The van der Waals surface area contributed by atoms with Crippen LogP contribution in [-0.4, -0.2) is 29.2 Å². The van der Waals surface area contributed by atoms with Crippen molar-refractivity contribution >= 4 is 33.3 Å². The van der Waals surface area contributed by atoms with Crippen LogP contribution in [0.25, 0.3) is 21.8 Å². The molecule has 0 saturated heterocycles. The lowest BCUT2D eigenvalue weighted by Gasteiger charge is -2.12. The quantitative estimate of drug-likeness (QED) is 0.610. The zero-order chi connectivity index (χ0) is 17.2. The van der Waals surface area contributed by atoms with Crippen molar-refractivity contribution in [2.75, 3.05) is 19.5 Å². The Morgan fingerprint density at radius 2 is 1.68 bits per heavy atom. The summed E-state index contributed by atoms with van der Waals surface area (Å²) in [7, 11) is 3.21. The minimum Gasteiger partial charge on any atom is -0.493 e. The smallest absolute Gasteiger partial charge is 0.162 e. The van der Waals surface area contributed by atoms with E-state index in [2.05, 4.69) is 20.3 Å². The van der Waals surface area contributed by atoms with Gasteiger partial charge in [0.05, 0.1) is 25.3 Å². The fourth-order valence-electron chi connectivity index (χ4n) is 2.76. The number of hydrogen-bond donors (Lipinski definition) is 1. The van der Waals surface area contributed by atoms with E-state index >= 15 is 0 Å². The largest absolute Gasteiger partial charge is 0.493 e. The van der Waals surface area contributed by atoms with Crippen molar-refractivity contribution < 1.29 is 9.47 Å². The summed E-state index contributed by atoms with van der Waals surface area (Å²) in [5.41, 5.74) is 2.60. The first kappa shape index (κ1) is 15.1. The molecule has 4 aromatic rings. The molecule has 0 spiro atoms. The van der Waals surface area contributed by atoms with Crippen molar-refractivity contribution in [3.63, 3.8) is 0 Å². The van der Waals surface area contributed by atoms with E-state index in [9.17, 15) is 0 Å². The third kappa shape index (κ3) is 2.78. The second-order valence-corrected chi connectivity index (χ2v) is 5.48. The van der Waals surface area contributed by atoms with Crippen LogP contribution in [0.3, 0.4) is 0 Å². The number of nitrogens with zero attached hydrogens (tertiary/aromatic N) is 3. The van der Waals surface area contributed by atoms with Crippen LogP contribution in [0.15, 0.2) is 55.0 Å². The van der Waals surface area contributed by atoms with Gasteiger partial charge in [0.1, 0.15) is 12.1 Å². The molecule has 0 atom stereocenters. The van der Waals surface area contributed by atoms with Crippen LogP contribution in [0.5, 0.6) is 11.5 Å². The molecule has 124 valence electrons. The molecule has 2 heterocycles. The van der Waals surface area contributed by atoms with Crippen LogP contribution in [0, 0.1) is 0 Å². The van der Waals surface area contributed by atoms with Crippen LogP contribution >= 0.6 is 0 Å². The van der Waals surface area contributed by atoms with E-state index < -0.39 is 0 Å². The summed E-state index contributed by atoms with van der Waals surface area (Å²) in [5, 5.41) is 5.28. The number of benzene rings is 2. The van der Waals surface area contributed by atoms with Gasteiger partial charge in [-0.3, -0.25) is 4.98 Å². The van der Waals surface area contributed by atoms with Gasteiger partial charge in [0, 0.05) is 28.7 Å². The minimum absolute atomic E-state index is 0.632. The summed E-state index contributed by atoms with van der Waals surface area (Å²) in [6.45, 7) is 0. The number of aromatic nitrogens is 3. The number of ether oxygens (including phenoxy) is 2. The van der Waals surface area contributed by atoms with Crippen LogP contribution in [0.2, 0.25) is 0 Å². The third-order valence-electron chi connectivity index (χ3n) is 4.01. The lowest BCUT2D eigenvalue weighted by atomic mass is 10.2. The maximum absolute atomic E-state index is 5.39. The second kappa shape index (κ2) is 6.24. The molecular weight excluding hydrogens is 316 g/mol. The van der Waals surface area contributed by atoms with Gasteiger partial charge in [-0.15, -0.1) is 0 Å². The Morgan fingerprint density at radius 1 is 0.840 bits per heavy atom. The van der Waals surface area contributed by atoms with E-state index in [1.54, 1.807) is 20.4 Å². The normalized spacial score (nSPS) is 10.8. The van der Waals surface area contributed by atoms with E-state index in [1.807, 2.05) is 42.5 Å². The van der Waals surface area contributed by atoms with Gasteiger partial charge in [0.2, 0.25) is 0 Å². The molecule has 6 heteroatoms. The number of pyridine rings is 1. The molecule has 2 aromatic carbocycles. The van der Waals surface area contributed by atoms with Gasteiger partial charge in [-0.25, -0.2) is 9.97 Å². The predicted molar refractivity (Wildman–Crippen MR) is 97.7 cm³/mol. The molecule has 2 aromatic heterocycles. The average molecular weight is 332 g/mol. The molecule has 0 bridgehead atoms. The molecule has 6 nitrogen and oxygen atoms in total. The van der Waals surface area contributed by atoms with Crippen molar-refractivity contribution in [3.8, 4) is 11.5 Å². The van der Waals surface area contributed by atoms with Gasteiger partial charge in [0.25, 0.3) is 0 Å². The molecule has 0 fully saturated rings. The van der Waals surface area contributed by atoms with Crippen molar-refractivity contribution in [1.29, 1.82) is 0 Å². The van der Waals surface area contributed by atoms with E-state index in [-0.39, 0.29) is 0 Å². The maximum Gasteiger partial charge on any atom is 0.162 e. The van der Waals surface area contributed by atoms with Crippen molar-refractivity contribution in [1.82, 2.24) is 15.0 Å². The summed E-state index contributed by atoms with van der Waals surface area (Å²) in [4.78, 5) is 13.1. The van der Waals surface area contributed by atoms with Gasteiger partial charge in [-0.05, 0) is 24.3 Å². The minimum atomic E-state index is 0.632. The molecule has 0 saturated carbocycles. The topological polar surface area (TPSA) is 69.2 Å². The van der Waals surface area contributed by atoms with Crippen LogP contribution < -0.4 is 14.8 Å². The number of hydrogen-bond acceptors (Lipinski definition) is 6. The van der Waals surface area contributed by atoms with Crippen LogP contribution in [0.4, 0.5) is 11.5 Å². The Bertz CT molecular complexity index is 1070. The standard InChI is InChI=1S/C19H16N4O2/c1-24-17-9-14-16(10-18(17)25-2)21-11-22-19(14)23-13-6-5-12-4-3-7-20-15(12)8-13/h3-11H,1-2H3,(H,21,22,23). The summed E-state index contributed by atoms with van der Waals surface area (Å²) in [5.74, 6) is 1.96. The van der Waals surface area contributed by atoms with E-state index in [0.717, 1.165) is 27.5 Å². The molecular formula is C19H16N4O2. The monoisotopic (exact) mass is 332 g/mol. The molecule has 0 amide bonds. The zero-order valence-corrected chi connectivity index (χ0v) is 13.9. The highest BCUT2D eigenvalue weighted by molar-refractivity contribution is 5.93. The van der Waals surface area contributed by atoms with Gasteiger partial charge in [-0.1, -0.05) is 12.1 Å². The molecule has 25 heavy (non-hydrogen) atoms. The van der Waals surface area contributed by atoms with E-state index in [4.69, 9.17) is 9.47 Å². The zero-order valence-electron chi connectivity index (χ0n) is 13.9. The number of methoxy groups -OCH3 is 2. The Kier molecular flexibility index (Phi) is 3.78. The summed E-state index contributed by atoms with van der Waals surface area (Å²) in [6.07, 6.45) is 3.30. The van der Waals surface area contributed by atoms with Crippen molar-refractivity contribution in [2.45, 2.75) is 0 Å². The third-order valence-corrected chi connectivity index (χ3v) is 4.01. The summed E-state index contributed by atoms with van der Waals surface area (Å²) in [6, 6.07) is 13.7. The fraction of sp³-hybridized carbons (Fsp3) is 0.105. The van der Waals surface area contributed by atoms with Crippen molar-refractivity contribution in [3.05, 3.63) is 55.0 Å². The number of rotatable bonds is 4. The molecule has 4 rings (SSSR count). The van der Waals surface area contributed by atoms with Crippen LogP contribution in [-0.2, 0) is 0 Å². The number of anilines is 2. The van der Waals surface area contributed by atoms with Crippen LogP contribution in [0.1, 0.15) is 0 Å². The second-order valence-electron chi connectivity index (χ2n) is 5.48. The van der Waals surface area contributed by atoms with Gasteiger partial charge in [0.15, 0.2) is 11.5 Å². The highest BCUT2D eigenvalue weighted by atomic mass is 16.5. The number of fused-ring (bicyclic) bond motifs is 2. The average Bonchev–Trinajstić information content (AvgIpc) is 2.67. The molecule has 0 aliphatic rings. The molecule has 1 N–H and O–H groups in total. The summed E-state index contributed by atoms with van der Waals surface area (Å²) < 4.78 is 10.7. The lowest BCUT2D eigenvalue weighted by Crippen LogP contribution is -1.98. The van der Waals surface area contributed by atoms with Gasteiger partial charge in [-0.2, -0.15) is 0 Å². The first-order chi connectivity index (χ1) is 12.3. The molecule has 0 aliphatic carbocycles. The van der Waals surface area contributed by atoms with Gasteiger partial charge < -0.3 is 14.8 Å². The lowest BCUT2D eigenvalue weighted by molar-refractivity contribution is 0.356. The Balaban J connectivity index is 1.79. The van der Waals surface area contributed by atoms with Gasteiger partial charge >= 0.3 is 0 Å². The SMILES string of the molecule is COc1cc2ncnc(Nc3ccc4cccnc4c3)c2cc1OC. The van der Waals surface area contributed by atoms with Crippen molar-refractivity contribution in [2.24, 2.45) is 0 Å². The Morgan fingerprint density at radius 3 is 2.52 bits per heavy atom. The highest BCUT2D eigenvalue weighted by Crippen LogP contribution is 2.34. The fourth-order valence-corrected chi connectivity index (χ4v) is 2.76. The highest BCUT2D eigenvalue weighted by Gasteiger charge is 2.11. The maximum atomic E-state index is 5.39. The molecule has 0 radical (unpaired) electrons. The molecule has 0 unspecified atom stereocenters. The first-order valence-corrected chi connectivity index (χ1v) is 7.77. The molecule has 0 aliphatic heterocycles. The number of nitrogens with one attached hydrogen (secondary N) is 1. The summed E-state index contributed by atoms with van der Waals surface area (Å²) >= 11 is 0. The Labute approximate surface area is 144 Å². The first-order valence-electron chi connectivity index (χ1n) is 7.77. The Hall–Kier alpha value is -3.41. The van der Waals surface area contributed by atoms with E-state index in [0.29, 0.717) is 17.3 Å². The predicted octanol–water partition coefficient (Wildman–Crippen LogP) is 3.94. The van der Waals surface area contributed by atoms with E-state index in [1.165, 1.54) is 6.33 Å².